The van der Waals surface area contributed by atoms with Gasteiger partial charge in [-0.1, -0.05) is 19.3 Å². The van der Waals surface area contributed by atoms with Crippen molar-refractivity contribution in [3.05, 3.63) is 64.1 Å². The maximum Gasteiger partial charge on any atom is 0.253 e. The van der Waals surface area contributed by atoms with Crippen LogP contribution < -0.4 is 15.0 Å². The first kappa shape index (κ1) is 26.5. The van der Waals surface area contributed by atoms with Gasteiger partial charge in [-0.3, -0.25) is 9.69 Å². The molecule has 2 aliphatic rings. The fourth-order valence-electron chi connectivity index (χ4n) is 6.13. The number of H-pyrrole nitrogens is 1. The summed E-state index contributed by atoms with van der Waals surface area (Å²) >= 11 is 0. The lowest BCUT2D eigenvalue weighted by molar-refractivity contribution is 0.0539. The van der Waals surface area contributed by atoms with Gasteiger partial charge in [0.05, 0.1) is 44.7 Å². The number of aromatic amines is 1. The van der Waals surface area contributed by atoms with Gasteiger partial charge in [-0.25, -0.2) is 4.68 Å². The molecular formula is C29H36N6O5. The number of benzene rings is 1. The van der Waals surface area contributed by atoms with Crippen LogP contribution in [0.25, 0.3) is 10.9 Å². The van der Waals surface area contributed by atoms with Crippen molar-refractivity contribution >= 4 is 10.9 Å². The van der Waals surface area contributed by atoms with Crippen molar-refractivity contribution in [2.45, 2.75) is 69.7 Å². The van der Waals surface area contributed by atoms with Crippen LogP contribution >= 0.6 is 0 Å². The van der Waals surface area contributed by atoms with Crippen LogP contribution in [0.2, 0.25) is 0 Å². The molecule has 1 aliphatic carbocycles. The average molecular weight is 549 g/mol. The fraction of sp³-hybridized carbons (Fsp3) is 0.517. The molecule has 6 rings (SSSR count). The zero-order chi connectivity index (χ0) is 27.5. The first-order chi connectivity index (χ1) is 19.6. The van der Waals surface area contributed by atoms with E-state index >= 15 is 0 Å². The van der Waals surface area contributed by atoms with E-state index in [-0.39, 0.29) is 17.7 Å². The van der Waals surface area contributed by atoms with E-state index in [9.17, 15) is 4.79 Å². The van der Waals surface area contributed by atoms with E-state index in [4.69, 9.17) is 18.6 Å². The minimum atomic E-state index is -0.535. The van der Waals surface area contributed by atoms with E-state index < -0.39 is 6.04 Å². The van der Waals surface area contributed by atoms with Crippen molar-refractivity contribution < 1.29 is 18.6 Å². The number of hydrogen-bond donors (Lipinski definition) is 1. The van der Waals surface area contributed by atoms with E-state index in [1.165, 1.54) is 6.42 Å². The van der Waals surface area contributed by atoms with Gasteiger partial charge in [0.15, 0.2) is 17.3 Å². The average Bonchev–Trinajstić information content (AvgIpc) is 3.77. The highest BCUT2D eigenvalue weighted by Gasteiger charge is 2.35. The Hall–Kier alpha value is -3.70. The Balaban J connectivity index is 1.51. The van der Waals surface area contributed by atoms with E-state index in [1.54, 1.807) is 26.5 Å². The Bertz CT molecular complexity index is 1470. The molecule has 1 N–H and O–H groups in total. The lowest BCUT2D eigenvalue weighted by Crippen LogP contribution is -2.39. The summed E-state index contributed by atoms with van der Waals surface area (Å²) in [6.45, 7) is 1.81. The molecule has 3 aromatic heterocycles. The number of furan rings is 1. The molecule has 1 saturated carbocycles. The molecule has 1 aromatic carbocycles. The first-order valence-corrected chi connectivity index (χ1v) is 14.1. The number of hydrogen-bond acceptors (Lipinski definition) is 9. The van der Waals surface area contributed by atoms with Gasteiger partial charge in [0, 0.05) is 30.2 Å². The molecule has 0 amide bonds. The maximum absolute atomic E-state index is 13.9. The van der Waals surface area contributed by atoms with Crippen LogP contribution in [0, 0.1) is 0 Å². The van der Waals surface area contributed by atoms with Gasteiger partial charge in [0.1, 0.15) is 11.8 Å². The van der Waals surface area contributed by atoms with Crippen LogP contribution in [0.1, 0.15) is 74.2 Å². The highest BCUT2D eigenvalue weighted by molar-refractivity contribution is 5.83. The zero-order valence-corrected chi connectivity index (χ0v) is 23.0. The van der Waals surface area contributed by atoms with Crippen molar-refractivity contribution in [1.29, 1.82) is 0 Å². The number of pyridine rings is 1. The number of methoxy groups -OCH3 is 2. The number of aromatic nitrogens is 5. The number of ether oxygens (including phenoxy) is 3. The third kappa shape index (κ3) is 5.35. The van der Waals surface area contributed by atoms with Crippen LogP contribution in [0.15, 0.2) is 45.8 Å². The van der Waals surface area contributed by atoms with Crippen molar-refractivity contribution in [2.75, 3.05) is 27.4 Å². The normalized spacial score (nSPS) is 18.9. The van der Waals surface area contributed by atoms with E-state index in [1.807, 2.05) is 28.9 Å². The van der Waals surface area contributed by atoms with Crippen molar-refractivity contribution in [1.82, 2.24) is 30.1 Å². The van der Waals surface area contributed by atoms with Gasteiger partial charge in [-0.15, -0.1) is 5.10 Å². The van der Waals surface area contributed by atoms with Crippen molar-refractivity contribution in [3.8, 4) is 11.5 Å². The number of tetrazole rings is 1. The molecule has 0 bridgehead atoms. The summed E-state index contributed by atoms with van der Waals surface area (Å²) in [5.74, 6) is 2.59. The molecule has 2 fully saturated rings. The van der Waals surface area contributed by atoms with Gasteiger partial charge in [-0.2, -0.15) is 0 Å². The van der Waals surface area contributed by atoms with Crippen LogP contribution in [0.3, 0.4) is 0 Å². The fourth-order valence-corrected chi connectivity index (χ4v) is 6.13. The van der Waals surface area contributed by atoms with Gasteiger partial charge in [0.25, 0.3) is 5.56 Å². The highest BCUT2D eigenvalue weighted by Crippen LogP contribution is 2.36. The topological polar surface area (TPSA) is 121 Å². The molecule has 2 atom stereocenters. The van der Waals surface area contributed by atoms with Gasteiger partial charge in [-0.05, 0) is 60.4 Å². The molecule has 0 radical (unpaired) electrons. The minimum Gasteiger partial charge on any atom is -0.493 e. The molecule has 0 spiro atoms. The van der Waals surface area contributed by atoms with Crippen molar-refractivity contribution in [3.63, 3.8) is 0 Å². The molecular weight excluding hydrogens is 512 g/mol. The molecule has 4 aromatic rings. The molecule has 1 saturated heterocycles. The summed E-state index contributed by atoms with van der Waals surface area (Å²) in [4.78, 5) is 19.2. The van der Waals surface area contributed by atoms with Crippen LogP contribution in [-0.2, 0) is 11.3 Å². The van der Waals surface area contributed by atoms with Crippen LogP contribution in [-0.4, -0.2) is 63.6 Å². The summed E-state index contributed by atoms with van der Waals surface area (Å²) in [6.07, 6.45) is 9.21. The lowest BCUT2D eigenvalue weighted by atomic mass is 9.95. The predicted octanol–water partition coefficient (Wildman–Crippen LogP) is 4.40. The molecule has 40 heavy (non-hydrogen) atoms. The summed E-state index contributed by atoms with van der Waals surface area (Å²) in [6, 6.07) is 9.07. The third-order valence-electron chi connectivity index (χ3n) is 8.12. The number of rotatable bonds is 10. The Labute approximate surface area is 232 Å². The second-order valence-corrected chi connectivity index (χ2v) is 10.7. The molecule has 1 aliphatic heterocycles. The summed E-state index contributed by atoms with van der Waals surface area (Å²) in [5.41, 5.74) is 1.00. The monoisotopic (exact) mass is 548 g/mol. The second-order valence-electron chi connectivity index (χ2n) is 10.7. The smallest absolute Gasteiger partial charge is 0.253 e. The Morgan fingerprint density at radius 3 is 2.65 bits per heavy atom. The Morgan fingerprint density at radius 1 is 1.10 bits per heavy atom. The summed E-state index contributed by atoms with van der Waals surface area (Å²) in [5, 5.41) is 14.0. The Kier molecular flexibility index (Phi) is 7.83. The minimum absolute atomic E-state index is 0.0420. The standard InChI is InChI=1S/C29H36N6O5/c1-37-25-15-19-14-23(29(36)30-24(19)16-26(25)38-2)27(28-31-32-33-35(28)20-8-4-3-5-9-20)34(17-21-10-6-12-39-21)18-22-11-7-13-40-22/h6,10,12,14-16,20,22,27H,3-5,7-9,11,13,17-18H2,1-2H3,(H,30,36)/t22-,27+/m0/s1. The molecule has 11 nitrogen and oxygen atoms in total. The molecule has 4 heterocycles. The molecule has 212 valence electrons. The number of fused-ring (bicyclic) bond motifs is 1. The molecule has 0 unspecified atom stereocenters. The lowest BCUT2D eigenvalue weighted by Gasteiger charge is -2.33. The van der Waals surface area contributed by atoms with E-state index in [0.717, 1.165) is 56.3 Å². The number of nitrogens with zero attached hydrogens (tertiary/aromatic N) is 5. The quantitative estimate of drug-likeness (QED) is 0.307. The SMILES string of the molecule is COc1cc2cc([C@H](c3nnnn3C3CCCCC3)N(Cc3ccco3)C[C@@H]3CCCO3)c(=O)[nH]c2cc1OC. The summed E-state index contributed by atoms with van der Waals surface area (Å²) < 4.78 is 24.8. The van der Waals surface area contributed by atoms with Gasteiger partial charge >= 0.3 is 0 Å². The highest BCUT2D eigenvalue weighted by atomic mass is 16.5. The predicted molar refractivity (Wildman–Crippen MR) is 148 cm³/mol. The third-order valence-corrected chi connectivity index (χ3v) is 8.12. The van der Waals surface area contributed by atoms with Crippen molar-refractivity contribution in [2.24, 2.45) is 0 Å². The van der Waals surface area contributed by atoms with Crippen LogP contribution in [0.4, 0.5) is 0 Å². The Morgan fingerprint density at radius 2 is 1.93 bits per heavy atom. The maximum atomic E-state index is 13.9. The van der Waals surface area contributed by atoms with Gasteiger partial charge in [0.2, 0.25) is 0 Å². The van der Waals surface area contributed by atoms with Crippen LogP contribution in [0.5, 0.6) is 11.5 Å². The second kappa shape index (κ2) is 11.8. The number of nitrogens with one attached hydrogen (secondary N) is 1. The van der Waals surface area contributed by atoms with E-state index in [2.05, 4.69) is 25.4 Å². The molecule has 11 heteroatoms. The zero-order valence-electron chi connectivity index (χ0n) is 23.0. The van der Waals surface area contributed by atoms with Gasteiger partial charge < -0.3 is 23.6 Å². The summed E-state index contributed by atoms with van der Waals surface area (Å²) in [7, 11) is 3.18. The van der Waals surface area contributed by atoms with E-state index in [0.29, 0.717) is 41.5 Å². The first-order valence-electron chi connectivity index (χ1n) is 14.1. The largest absolute Gasteiger partial charge is 0.493 e.